The molecule has 0 heterocycles. The number of urea groups is 1. The molecule has 2 aliphatic carbocycles. The molecule has 16 heavy (non-hydrogen) atoms. The van der Waals surface area contributed by atoms with Gasteiger partial charge in [-0.15, -0.1) is 0 Å². The molecule has 0 spiro atoms. The first kappa shape index (κ1) is 11.7. The van der Waals surface area contributed by atoms with Crippen molar-refractivity contribution in [2.75, 3.05) is 6.54 Å². The summed E-state index contributed by atoms with van der Waals surface area (Å²) in [4.78, 5) is 11.5. The second kappa shape index (κ2) is 6.12. The third-order valence-electron chi connectivity index (χ3n) is 3.69. The van der Waals surface area contributed by atoms with E-state index in [1.165, 1.54) is 44.9 Å². The Morgan fingerprint density at radius 3 is 2.19 bits per heavy atom. The van der Waals surface area contributed by atoms with Gasteiger partial charge in [-0.25, -0.2) is 4.79 Å². The maximum Gasteiger partial charge on any atom is 0.315 e. The number of hydrogen-bond acceptors (Lipinski definition) is 1. The Bertz CT molecular complexity index is 218. The number of rotatable bonds is 3. The second-order valence-electron chi connectivity index (χ2n) is 5.34. The van der Waals surface area contributed by atoms with Crippen LogP contribution in [0.3, 0.4) is 0 Å². The van der Waals surface area contributed by atoms with Gasteiger partial charge in [0.15, 0.2) is 0 Å². The summed E-state index contributed by atoms with van der Waals surface area (Å²) in [6.07, 6.45) is 11.8. The molecule has 3 heteroatoms. The topological polar surface area (TPSA) is 41.1 Å². The Hall–Kier alpha value is -0.730. The highest BCUT2D eigenvalue weighted by molar-refractivity contribution is 5.74. The molecule has 2 fully saturated rings. The van der Waals surface area contributed by atoms with Crippen molar-refractivity contribution in [3.8, 4) is 0 Å². The van der Waals surface area contributed by atoms with Crippen molar-refractivity contribution in [3.63, 3.8) is 0 Å². The van der Waals surface area contributed by atoms with Crippen molar-refractivity contribution in [2.24, 2.45) is 5.92 Å². The van der Waals surface area contributed by atoms with Gasteiger partial charge in [0.1, 0.15) is 0 Å². The number of carbonyl (C=O) groups is 1. The van der Waals surface area contributed by atoms with Crippen LogP contribution in [-0.4, -0.2) is 18.6 Å². The van der Waals surface area contributed by atoms with E-state index in [1.54, 1.807) is 0 Å². The summed E-state index contributed by atoms with van der Waals surface area (Å²) in [5.74, 6) is 0.713. The molecule has 2 N–H and O–H groups in total. The Kier molecular flexibility index (Phi) is 4.49. The summed E-state index contributed by atoms with van der Waals surface area (Å²) in [5.41, 5.74) is 0. The van der Waals surface area contributed by atoms with Gasteiger partial charge in [-0.3, -0.25) is 0 Å². The van der Waals surface area contributed by atoms with E-state index in [1.807, 2.05) is 0 Å². The van der Waals surface area contributed by atoms with Crippen molar-refractivity contribution in [3.05, 3.63) is 0 Å². The zero-order valence-corrected chi connectivity index (χ0v) is 10.1. The van der Waals surface area contributed by atoms with E-state index in [9.17, 15) is 4.79 Å². The van der Waals surface area contributed by atoms with Crippen LogP contribution in [0.4, 0.5) is 4.79 Å². The SMILES string of the molecule is O=C(NCC1CCCCCCC1)NC1CC1. The Labute approximate surface area is 98.4 Å². The highest BCUT2D eigenvalue weighted by Crippen LogP contribution is 2.21. The fourth-order valence-electron chi connectivity index (χ4n) is 2.45. The van der Waals surface area contributed by atoms with E-state index in [0.717, 1.165) is 19.4 Å². The molecule has 0 atom stereocenters. The average molecular weight is 224 g/mol. The zero-order chi connectivity index (χ0) is 11.2. The third-order valence-corrected chi connectivity index (χ3v) is 3.69. The molecule has 2 aliphatic rings. The lowest BCUT2D eigenvalue weighted by atomic mass is 9.91. The summed E-state index contributed by atoms with van der Waals surface area (Å²) in [7, 11) is 0. The quantitative estimate of drug-likeness (QED) is 0.760. The molecule has 0 aromatic rings. The molecule has 0 saturated heterocycles. The predicted molar refractivity (Wildman–Crippen MR) is 65.4 cm³/mol. The van der Waals surface area contributed by atoms with Crippen LogP contribution in [-0.2, 0) is 0 Å². The van der Waals surface area contributed by atoms with Crippen LogP contribution in [0.5, 0.6) is 0 Å². The number of amides is 2. The van der Waals surface area contributed by atoms with Crippen molar-refractivity contribution in [2.45, 2.75) is 63.8 Å². The maximum atomic E-state index is 11.5. The Morgan fingerprint density at radius 2 is 1.56 bits per heavy atom. The molecule has 3 nitrogen and oxygen atoms in total. The molecule has 2 saturated carbocycles. The van der Waals surface area contributed by atoms with E-state index in [0.29, 0.717) is 12.0 Å². The second-order valence-corrected chi connectivity index (χ2v) is 5.34. The lowest BCUT2D eigenvalue weighted by molar-refractivity contribution is 0.236. The fourth-order valence-corrected chi connectivity index (χ4v) is 2.45. The van der Waals surface area contributed by atoms with Crippen LogP contribution >= 0.6 is 0 Å². The van der Waals surface area contributed by atoms with Gasteiger partial charge >= 0.3 is 6.03 Å². The van der Waals surface area contributed by atoms with Crippen LogP contribution in [0.15, 0.2) is 0 Å². The standard InChI is InChI=1S/C13H24N2O/c16-13(15-12-8-9-12)14-10-11-6-4-2-1-3-5-7-11/h11-12H,1-10H2,(H2,14,15,16). The minimum Gasteiger partial charge on any atom is -0.338 e. The monoisotopic (exact) mass is 224 g/mol. The average Bonchev–Trinajstić information content (AvgIpc) is 3.00. The van der Waals surface area contributed by atoms with Gasteiger partial charge in [0.05, 0.1) is 0 Å². The molecule has 92 valence electrons. The van der Waals surface area contributed by atoms with Crippen LogP contribution in [0.25, 0.3) is 0 Å². The molecule has 0 radical (unpaired) electrons. The van der Waals surface area contributed by atoms with Gasteiger partial charge in [-0.1, -0.05) is 32.1 Å². The first-order valence-electron chi connectivity index (χ1n) is 6.89. The fraction of sp³-hybridized carbons (Fsp3) is 0.923. The van der Waals surface area contributed by atoms with Crippen molar-refractivity contribution in [1.82, 2.24) is 10.6 Å². The molecule has 0 aromatic heterocycles. The Balaban J connectivity index is 1.60. The minimum atomic E-state index is 0.0459. The van der Waals surface area contributed by atoms with Crippen LogP contribution in [0, 0.1) is 5.92 Å². The predicted octanol–water partition coefficient (Wildman–Crippen LogP) is 2.81. The first-order chi connectivity index (χ1) is 7.84. The zero-order valence-electron chi connectivity index (χ0n) is 10.1. The van der Waals surface area contributed by atoms with Gasteiger partial charge in [-0.05, 0) is 31.6 Å². The largest absolute Gasteiger partial charge is 0.338 e. The van der Waals surface area contributed by atoms with E-state index < -0.39 is 0 Å². The van der Waals surface area contributed by atoms with Gasteiger partial charge in [0.25, 0.3) is 0 Å². The number of carbonyl (C=O) groups excluding carboxylic acids is 1. The minimum absolute atomic E-state index is 0.0459. The van der Waals surface area contributed by atoms with E-state index in [2.05, 4.69) is 10.6 Å². The van der Waals surface area contributed by atoms with Gasteiger partial charge < -0.3 is 10.6 Å². The number of nitrogens with one attached hydrogen (secondary N) is 2. The van der Waals surface area contributed by atoms with Crippen molar-refractivity contribution >= 4 is 6.03 Å². The van der Waals surface area contributed by atoms with Gasteiger partial charge in [-0.2, -0.15) is 0 Å². The molecule has 2 rings (SSSR count). The lowest BCUT2D eigenvalue weighted by Crippen LogP contribution is -2.39. The van der Waals surface area contributed by atoms with Crippen molar-refractivity contribution < 1.29 is 4.79 Å². The van der Waals surface area contributed by atoms with E-state index >= 15 is 0 Å². The molecule has 2 amide bonds. The van der Waals surface area contributed by atoms with Crippen LogP contribution < -0.4 is 10.6 Å². The smallest absolute Gasteiger partial charge is 0.315 e. The summed E-state index contributed by atoms with van der Waals surface area (Å²) in [5, 5.41) is 5.99. The Morgan fingerprint density at radius 1 is 0.938 bits per heavy atom. The molecular weight excluding hydrogens is 200 g/mol. The molecule has 0 unspecified atom stereocenters. The first-order valence-corrected chi connectivity index (χ1v) is 6.89. The maximum absolute atomic E-state index is 11.5. The van der Waals surface area contributed by atoms with Gasteiger partial charge in [0, 0.05) is 12.6 Å². The van der Waals surface area contributed by atoms with Crippen LogP contribution in [0.1, 0.15) is 57.8 Å². The normalized spacial score (nSPS) is 23.2. The highest BCUT2D eigenvalue weighted by atomic mass is 16.2. The number of hydrogen-bond donors (Lipinski definition) is 2. The lowest BCUT2D eigenvalue weighted by Gasteiger charge is -2.20. The molecule has 0 bridgehead atoms. The molecule has 0 aromatic carbocycles. The van der Waals surface area contributed by atoms with Gasteiger partial charge in [0.2, 0.25) is 0 Å². The summed E-state index contributed by atoms with van der Waals surface area (Å²) < 4.78 is 0. The highest BCUT2D eigenvalue weighted by Gasteiger charge is 2.23. The van der Waals surface area contributed by atoms with Crippen LogP contribution in [0.2, 0.25) is 0 Å². The third kappa shape index (κ3) is 4.42. The van der Waals surface area contributed by atoms with Crippen molar-refractivity contribution in [1.29, 1.82) is 0 Å². The van der Waals surface area contributed by atoms with E-state index in [4.69, 9.17) is 0 Å². The molecular formula is C13H24N2O. The molecule has 0 aliphatic heterocycles. The summed E-state index contributed by atoms with van der Waals surface area (Å²) >= 11 is 0. The summed E-state index contributed by atoms with van der Waals surface area (Å²) in [6, 6.07) is 0.516. The van der Waals surface area contributed by atoms with E-state index in [-0.39, 0.29) is 6.03 Å². The summed E-state index contributed by atoms with van der Waals surface area (Å²) in [6.45, 7) is 0.874.